The molecule has 98 valence electrons. The molecule has 2 aromatic carbocycles. The van der Waals surface area contributed by atoms with E-state index in [0.717, 1.165) is 26.2 Å². The van der Waals surface area contributed by atoms with Gasteiger partial charge in [0.25, 0.3) is 0 Å². The number of hydrogen-bond acceptors (Lipinski definition) is 3. The first kappa shape index (κ1) is 13.0. The lowest BCUT2D eigenvalue weighted by molar-refractivity contribution is 0.174. The zero-order chi connectivity index (χ0) is 13.9. The summed E-state index contributed by atoms with van der Waals surface area (Å²) in [6, 6.07) is 15.8. The number of rotatable bonds is 2. The molecule has 2 aromatic rings. The lowest BCUT2D eigenvalue weighted by atomic mass is 10.0. The Bertz CT molecular complexity index is 714. The third kappa shape index (κ3) is 2.63. The molecule has 0 spiro atoms. The van der Waals surface area contributed by atoms with Gasteiger partial charge in [0, 0.05) is 3.57 Å². The van der Waals surface area contributed by atoms with E-state index in [1.54, 1.807) is 0 Å². The van der Waals surface area contributed by atoms with Crippen LogP contribution in [0.5, 0.6) is 11.5 Å². The van der Waals surface area contributed by atoms with Crippen LogP contribution in [0.3, 0.4) is 0 Å². The summed E-state index contributed by atoms with van der Waals surface area (Å²) in [6.07, 6.45) is 1.85. The second kappa shape index (κ2) is 5.55. The molecule has 4 heteroatoms. The number of hydrogen-bond donors (Lipinski definition) is 0. The molecule has 0 saturated heterocycles. The number of benzene rings is 2. The Morgan fingerprint density at radius 1 is 1.10 bits per heavy atom. The average molecular weight is 375 g/mol. The van der Waals surface area contributed by atoms with E-state index in [2.05, 4.69) is 28.7 Å². The van der Waals surface area contributed by atoms with E-state index in [1.165, 1.54) is 0 Å². The van der Waals surface area contributed by atoms with Gasteiger partial charge in [0.05, 0.1) is 11.6 Å². The summed E-state index contributed by atoms with van der Waals surface area (Å²) in [5.74, 6) is 1.47. The fraction of sp³-hybridized carbons (Fsp3) is 0.0625. The first-order valence-electron chi connectivity index (χ1n) is 6.03. The number of nitriles is 1. The Morgan fingerprint density at radius 2 is 1.85 bits per heavy atom. The Hall–Kier alpha value is -2.00. The first-order valence-corrected chi connectivity index (χ1v) is 7.11. The van der Waals surface area contributed by atoms with Crippen LogP contribution in [0, 0.1) is 14.9 Å². The number of nitrogens with zero attached hydrogens (tertiary/aromatic N) is 1. The molecule has 0 unspecified atom stereocenters. The van der Waals surface area contributed by atoms with Crippen LogP contribution in [0.15, 0.2) is 42.5 Å². The zero-order valence-corrected chi connectivity index (χ0v) is 12.6. The van der Waals surface area contributed by atoms with Crippen molar-refractivity contribution < 1.29 is 9.47 Å². The Balaban J connectivity index is 1.97. The van der Waals surface area contributed by atoms with Crippen molar-refractivity contribution in [3.8, 4) is 17.6 Å². The average Bonchev–Trinajstić information content (AvgIpc) is 2.93. The van der Waals surface area contributed by atoms with Crippen molar-refractivity contribution >= 4 is 34.2 Å². The quantitative estimate of drug-likeness (QED) is 0.451. The Morgan fingerprint density at radius 3 is 2.60 bits per heavy atom. The van der Waals surface area contributed by atoms with Crippen LogP contribution in [0.25, 0.3) is 11.6 Å². The SMILES string of the molecule is N#C/C(=C/c1ccc2c(c1)OCO2)c1ccc(I)cc1. The van der Waals surface area contributed by atoms with E-state index in [0.29, 0.717) is 5.57 Å². The molecule has 0 amide bonds. The third-order valence-corrected chi connectivity index (χ3v) is 3.70. The van der Waals surface area contributed by atoms with Crippen molar-refractivity contribution in [3.63, 3.8) is 0 Å². The van der Waals surface area contributed by atoms with Gasteiger partial charge in [-0.2, -0.15) is 5.26 Å². The van der Waals surface area contributed by atoms with Gasteiger partial charge in [0.2, 0.25) is 6.79 Å². The van der Waals surface area contributed by atoms with E-state index in [4.69, 9.17) is 9.47 Å². The van der Waals surface area contributed by atoms with Crippen molar-refractivity contribution in [2.75, 3.05) is 6.79 Å². The molecule has 0 radical (unpaired) electrons. The molecule has 0 saturated carbocycles. The maximum absolute atomic E-state index is 9.33. The monoisotopic (exact) mass is 375 g/mol. The van der Waals surface area contributed by atoms with Crippen molar-refractivity contribution in [3.05, 3.63) is 57.2 Å². The summed E-state index contributed by atoms with van der Waals surface area (Å²) in [7, 11) is 0. The van der Waals surface area contributed by atoms with Gasteiger partial charge in [-0.05, 0) is 64.1 Å². The molecule has 0 atom stereocenters. The molecule has 20 heavy (non-hydrogen) atoms. The van der Waals surface area contributed by atoms with Gasteiger partial charge >= 0.3 is 0 Å². The van der Waals surface area contributed by atoms with Crippen LogP contribution >= 0.6 is 22.6 Å². The van der Waals surface area contributed by atoms with Crippen LogP contribution < -0.4 is 9.47 Å². The highest BCUT2D eigenvalue weighted by Gasteiger charge is 2.12. The topological polar surface area (TPSA) is 42.2 Å². The summed E-state index contributed by atoms with van der Waals surface area (Å²) in [4.78, 5) is 0. The molecule has 1 aliphatic rings. The van der Waals surface area contributed by atoms with Crippen molar-refractivity contribution in [2.45, 2.75) is 0 Å². The van der Waals surface area contributed by atoms with Gasteiger partial charge in [-0.1, -0.05) is 18.2 Å². The maximum atomic E-state index is 9.33. The molecular weight excluding hydrogens is 365 g/mol. The van der Waals surface area contributed by atoms with Gasteiger partial charge in [-0.15, -0.1) is 0 Å². The standard InChI is InChI=1S/C16H10INO2/c17-14-4-2-12(3-5-14)13(9-18)7-11-1-6-15-16(8-11)20-10-19-15/h1-8H,10H2/b13-7-. The van der Waals surface area contributed by atoms with E-state index < -0.39 is 0 Å². The van der Waals surface area contributed by atoms with Crippen LogP contribution in [0.1, 0.15) is 11.1 Å². The number of fused-ring (bicyclic) bond motifs is 1. The normalized spacial score (nSPS) is 13.1. The Labute approximate surface area is 130 Å². The smallest absolute Gasteiger partial charge is 0.231 e. The zero-order valence-electron chi connectivity index (χ0n) is 10.5. The van der Waals surface area contributed by atoms with Gasteiger partial charge in [-0.25, -0.2) is 0 Å². The van der Waals surface area contributed by atoms with Crippen molar-refractivity contribution in [1.29, 1.82) is 5.26 Å². The third-order valence-electron chi connectivity index (χ3n) is 2.98. The molecule has 0 aliphatic carbocycles. The predicted molar refractivity (Wildman–Crippen MR) is 85.2 cm³/mol. The van der Waals surface area contributed by atoms with Crippen LogP contribution in [-0.2, 0) is 0 Å². The van der Waals surface area contributed by atoms with Gasteiger partial charge in [0.15, 0.2) is 11.5 Å². The summed E-state index contributed by atoms with van der Waals surface area (Å²) < 4.78 is 11.8. The van der Waals surface area contributed by atoms with Crippen molar-refractivity contribution in [2.24, 2.45) is 0 Å². The van der Waals surface area contributed by atoms with Crippen LogP contribution in [-0.4, -0.2) is 6.79 Å². The lowest BCUT2D eigenvalue weighted by Crippen LogP contribution is -1.92. The molecule has 0 bridgehead atoms. The fourth-order valence-corrected chi connectivity index (χ4v) is 2.34. The van der Waals surface area contributed by atoms with E-state index >= 15 is 0 Å². The predicted octanol–water partition coefficient (Wildman–Crippen LogP) is 4.08. The molecule has 3 rings (SSSR count). The minimum absolute atomic E-state index is 0.255. The molecule has 3 nitrogen and oxygen atoms in total. The molecule has 1 aliphatic heterocycles. The fourth-order valence-electron chi connectivity index (χ4n) is 1.98. The van der Waals surface area contributed by atoms with E-state index in [1.807, 2.05) is 48.5 Å². The van der Waals surface area contributed by atoms with Gasteiger partial charge in [0.1, 0.15) is 0 Å². The minimum atomic E-state index is 0.255. The summed E-state index contributed by atoms with van der Waals surface area (Å²) in [5, 5.41) is 9.33. The molecule has 0 aromatic heterocycles. The van der Waals surface area contributed by atoms with Crippen LogP contribution in [0.4, 0.5) is 0 Å². The lowest BCUT2D eigenvalue weighted by Gasteiger charge is -2.01. The molecule has 0 N–H and O–H groups in total. The highest BCUT2D eigenvalue weighted by atomic mass is 127. The highest BCUT2D eigenvalue weighted by molar-refractivity contribution is 14.1. The maximum Gasteiger partial charge on any atom is 0.231 e. The van der Waals surface area contributed by atoms with Gasteiger partial charge < -0.3 is 9.47 Å². The first-order chi connectivity index (χ1) is 9.76. The number of halogens is 1. The van der Waals surface area contributed by atoms with E-state index in [9.17, 15) is 5.26 Å². The highest BCUT2D eigenvalue weighted by Crippen LogP contribution is 2.33. The van der Waals surface area contributed by atoms with E-state index in [-0.39, 0.29) is 6.79 Å². The Kier molecular flexibility index (Phi) is 3.61. The second-order valence-corrected chi connectivity index (χ2v) is 5.54. The van der Waals surface area contributed by atoms with Crippen LogP contribution in [0.2, 0.25) is 0 Å². The number of ether oxygens (including phenoxy) is 2. The molecular formula is C16H10INO2. The minimum Gasteiger partial charge on any atom is -0.454 e. The summed E-state index contributed by atoms with van der Waals surface area (Å²) >= 11 is 2.24. The number of allylic oxidation sites excluding steroid dienone is 1. The summed E-state index contributed by atoms with van der Waals surface area (Å²) in [6.45, 7) is 0.255. The molecule has 0 fully saturated rings. The largest absolute Gasteiger partial charge is 0.454 e. The van der Waals surface area contributed by atoms with Crippen molar-refractivity contribution in [1.82, 2.24) is 0 Å². The molecule has 1 heterocycles. The van der Waals surface area contributed by atoms with Gasteiger partial charge in [-0.3, -0.25) is 0 Å². The second-order valence-electron chi connectivity index (χ2n) is 4.29. The summed E-state index contributed by atoms with van der Waals surface area (Å²) in [5.41, 5.74) is 2.45.